The summed E-state index contributed by atoms with van der Waals surface area (Å²) >= 11 is 0. The van der Waals surface area contributed by atoms with Crippen molar-refractivity contribution in [2.24, 2.45) is 5.41 Å². The third kappa shape index (κ3) is 3.72. The lowest BCUT2D eigenvalue weighted by Crippen LogP contribution is -2.51. The van der Waals surface area contributed by atoms with Crippen LogP contribution in [0.2, 0.25) is 0 Å². The summed E-state index contributed by atoms with van der Waals surface area (Å²) in [5, 5.41) is 11.9. The first-order valence-electron chi connectivity index (χ1n) is 7.15. The van der Waals surface area contributed by atoms with Crippen molar-refractivity contribution < 1.29 is 14.7 Å². The Balaban J connectivity index is 2.12. The van der Waals surface area contributed by atoms with Gasteiger partial charge in [0.2, 0.25) is 5.91 Å². The molecule has 4 nitrogen and oxygen atoms in total. The number of aliphatic carboxylic acids is 1. The Kier molecular flexibility index (Phi) is 6.16. The highest BCUT2D eigenvalue weighted by atomic mass is 16.4. The highest BCUT2D eigenvalue weighted by Gasteiger charge is 2.50. The van der Waals surface area contributed by atoms with Crippen molar-refractivity contribution in [2.45, 2.75) is 64.7 Å². The molecule has 1 amide bonds. The largest absolute Gasteiger partial charge is 0.480 e. The number of rotatable bonds is 9. The van der Waals surface area contributed by atoms with E-state index in [0.717, 1.165) is 19.3 Å². The van der Waals surface area contributed by atoms with Crippen LogP contribution >= 0.6 is 0 Å². The van der Waals surface area contributed by atoms with Gasteiger partial charge in [0.05, 0.1) is 0 Å². The monoisotopic (exact) mass is 255 g/mol. The van der Waals surface area contributed by atoms with Crippen LogP contribution in [-0.2, 0) is 9.59 Å². The minimum atomic E-state index is -1.11. The zero-order chi connectivity index (χ0) is 13.4. The van der Waals surface area contributed by atoms with Crippen LogP contribution in [0.25, 0.3) is 0 Å². The van der Waals surface area contributed by atoms with Crippen molar-refractivity contribution in [2.75, 3.05) is 6.54 Å². The quantitative estimate of drug-likeness (QED) is 0.492. The molecular weight excluding hydrogens is 230 g/mol. The van der Waals surface area contributed by atoms with E-state index in [9.17, 15) is 9.59 Å². The fraction of sp³-hybridized carbons (Fsp3) is 0.857. The van der Waals surface area contributed by atoms with Gasteiger partial charge in [0, 0.05) is 6.54 Å². The number of unbranched alkanes of at least 4 members (excludes halogenated alkanes) is 5. The van der Waals surface area contributed by atoms with Crippen LogP contribution < -0.4 is 5.32 Å². The van der Waals surface area contributed by atoms with Crippen molar-refractivity contribution in [3.8, 4) is 0 Å². The summed E-state index contributed by atoms with van der Waals surface area (Å²) < 4.78 is 0. The van der Waals surface area contributed by atoms with Crippen LogP contribution in [0.15, 0.2) is 0 Å². The maximum absolute atomic E-state index is 11.8. The fourth-order valence-corrected chi connectivity index (χ4v) is 2.34. The summed E-state index contributed by atoms with van der Waals surface area (Å²) in [7, 11) is 0. The summed E-state index contributed by atoms with van der Waals surface area (Å²) in [6.07, 6.45) is 8.85. The maximum atomic E-state index is 11.8. The molecule has 0 bridgehead atoms. The van der Waals surface area contributed by atoms with Crippen molar-refractivity contribution in [1.82, 2.24) is 5.32 Å². The molecule has 0 heterocycles. The first kappa shape index (κ1) is 15.0. The van der Waals surface area contributed by atoms with E-state index in [0.29, 0.717) is 19.4 Å². The van der Waals surface area contributed by atoms with Crippen LogP contribution in [0.1, 0.15) is 64.7 Å². The first-order valence-corrected chi connectivity index (χ1v) is 7.15. The Morgan fingerprint density at radius 3 is 2.22 bits per heavy atom. The third-order valence-corrected chi connectivity index (χ3v) is 3.87. The van der Waals surface area contributed by atoms with E-state index < -0.39 is 11.4 Å². The lowest BCUT2D eigenvalue weighted by Gasteiger charge is -2.35. The molecule has 0 aromatic heterocycles. The molecule has 1 aliphatic rings. The minimum absolute atomic E-state index is 0.283. The predicted molar refractivity (Wildman–Crippen MR) is 70.3 cm³/mol. The SMILES string of the molecule is CCCCCCCCNC(=O)C1(C(=O)O)CCC1. The zero-order valence-electron chi connectivity index (χ0n) is 11.3. The number of carbonyl (C=O) groups is 2. The third-order valence-electron chi connectivity index (χ3n) is 3.87. The number of carboxylic acid groups (broad SMARTS) is 1. The Morgan fingerprint density at radius 1 is 1.11 bits per heavy atom. The van der Waals surface area contributed by atoms with Crippen molar-refractivity contribution in [1.29, 1.82) is 0 Å². The Labute approximate surface area is 109 Å². The van der Waals surface area contributed by atoms with Crippen LogP contribution in [0.4, 0.5) is 0 Å². The first-order chi connectivity index (χ1) is 8.63. The summed E-state index contributed by atoms with van der Waals surface area (Å²) in [6, 6.07) is 0. The van der Waals surface area contributed by atoms with E-state index in [2.05, 4.69) is 12.2 Å². The minimum Gasteiger partial charge on any atom is -0.480 e. The molecule has 0 atom stereocenters. The second kappa shape index (κ2) is 7.39. The second-order valence-electron chi connectivity index (χ2n) is 5.26. The molecule has 0 radical (unpaired) electrons. The molecule has 1 saturated carbocycles. The number of carboxylic acids is 1. The van der Waals surface area contributed by atoms with Gasteiger partial charge in [-0.1, -0.05) is 45.4 Å². The standard InChI is InChI=1S/C14H25NO3/c1-2-3-4-5-6-7-11-15-12(16)14(13(17)18)9-8-10-14/h2-11H2,1H3,(H,15,16)(H,17,18). The lowest BCUT2D eigenvalue weighted by molar-refractivity contribution is -0.162. The maximum Gasteiger partial charge on any atom is 0.319 e. The molecule has 0 aromatic rings. The van der Waals surface area contributed by atoms with Crippen LogP contribution in [0, 0.1) is 5.41 Å². The highest BCUT2D eigenvalue weighted by molar-refractivity contribution is 6.02. The number of nitrogens with one attached hydrogen (secondary N) is 1. The predicted octanol–water partition coefficient (Wildman–Crippen LogP) is 2.72. The molecule has 104 valence electrons. The van der Waals surface area contributed by atoms with Crippen LogP contribution in [0.5, 0.6) is 0 Å². The zero-order valence-corrected chi connectivity index (χ0v) is 11.3. The van der Waals surface area contributed by atoms with E-state index in [1.807, 2.05) is 0 Å². The molecule has 18 heavy (non-hydrogen) atoms. The number of amides is 1. The topological polar surface area (TPSA) is 66.4 Å². The second-order valence-corrected chi connectivity index (χ2v) is 5.26. The van der Waals surface area contributed by atoms with Crippen molar-refractivity contribution in [3.63, 3.8) is 0 Å². The molecule has 2 N–H and O–H groups in total. The van der Waals surface area contributed by atoms with Gasteiger partial charge in [-0.25, -0.2) is 0 Å². The van der Waals surface area contributed by atoms with Crippen LogP contribution in [0.3, 0.4) is 0 Å². The molecule has 0 spiro atoms. The van der Waals surface area contributed by atoms with Gasteiger partial charge < -0.3 is 10.4 Å². The molecule has 0 aliphatic heterocycles. The van der Waals surface area contributed by atoms with Gasteiger partial charge in [-0.2, -0.15) is 0 Å². The van der Waals surface area contributed by atoms with Gasteiger partial charge in [0.1, 0.15) is 5.41 Å². The summed E-state index contributed by atoms with van der Waals surface area (Å²) in [5.74, 6) is -1.25. The normalized spacial score (nSPS) is 16.9. The summed E-state index contributed by atoms with van der Waals surface area (Å²) in [5.41, 5.74) is -1.11. The van der Waals surface area contributed by atoms with Crippen molar-refractivity contribution >= 4 is 11.9 Å². The van der Waals surface area contributed by atoms with Gasteiger partial charge in [0.15, 0.2) is 0 Å². The highest BCUT2D eigenvalue weighted by Crippen LogP contribution is 2.41. The molecule has 1 aliphatic carbocycles. The van der Waals surface area contributed by atoms with E-state index in [1.54, 1.807) is 0 Å². The van der Waals surface area contributed by atoms with Gasteiger partial charge >= 0.3 is 5.97 Å². The van der Waals surface area contributed by atoms with E-state index in [1.165, 1.54) is 25.7 Å². The molecule has 4 heteroatoms. The number of hydrogen-bond acceptors (Lipinski definition) is 2. The summed E-state index contributed by atoms with van der Waals surface area (Å²) in [4.78, 5) is 22.9. The van der Waals surface area contributed by atoms with Crippen molar-refractivity contribution in [3.05, 3.63) is 0 Å². The average Bonchev–Trinajstić information content (AvgIpc) is 2.25. The molecule has 0 aromatic carbocycles. The van der Waals surface area contributed by atoms with E-state index in [-0.39, 0.29) is 5.91 Å². The number of hydrogen-bond donors (Lipinski definition) is 2. The smallest absolute Gasteiger partial charge is 0.319 e. The average molecular weight is 255 g/mol. The van der Waals surface area contributed by atoms with Crippen LogP contribution in [-0.4, -0.2) is 23.5 Å². The van der Waals surface area contributed by atoms with E-state index >= 15 is 0 Å². The molecule has 1 fully saturated rings. The molecular formula is C14H25NO3. The molecule has 0 unspecified atom stereocenters. The summed E-state index contributed by atoms with van der Waals surface area (Å²) in [6.45, 7) is 2.80. The lowest BCUT2D eigenvalue weighted by atomic mass is 9.68. The van der Waals surface area contributed by atoms with Gasteiger partial charge in [0.25, 0.3) is 0 Å². The van der Waals surface area contributed by atoms with Gasteiger partial charge in [-0.15, -0.1) is 0 Å². The number of carbonyl (C=O) groups excluding carboxylic acids is 1. The van der Waals surface area contributed by atoms with Gasteiger partial charge in [-0.05, 0) is 19.3 Å². The Hall–Kier alpha value is -1.06. The molecule has 1 rings (SSSR count). The Bertz CT molecular complexity index is 285. The van der Waals surface area contributed by atoms with E-state index in [4.69, 9.17) is 5.11 Å². The Morgan fingerprint density at radius 2 is 1.72 bits per heavy atom. The van der Waals surface area contributed by atoms with Gasteiger partial charge in [-0.3, -0.25) is 9.59 Å². The fourth-order valence-electron chi connectivity index (χ4n) is 2.34. The molecule has 0 saturated heterocycles.